The Morgan fingerprint density at radius 3 is 2.83 bits per heavy atom. The second-order valence-corrected chi connectivity index (χ2v) is 6.83. The van der Waals surface area contributed by atoms with Gasteiger partial charge in [-0.15, -0.1) is 5.10 Å². The summed E-state index contributed by atoms with van der Waals surface area (Å²) >= 11 is 0. The summed E-state index contributed by atoms with van der Waals surface area (Å²) in [7, 11) is 3.45. The van der Waals surface area contributed by atoms with E-state index in [0.717, 1.165) is 39.6 Å². The molecular weight excluding hydrogens is 368 g/mol. The first-order valence-electron chi connectivity index (χ1n) is 9.67. The number of benzene rings is 2. The van der Waals surface area contributed by atoms with Gasteiger partial charge in [-0.1, -0.05) is 19.1 Å². The molecule has 0 amide bonds. The van der Waals surface area contributed by atoms with Crippen LogP contribution in [0.5, 0.6) is 11.5 Å². The molecule has 7 heteroatoms. The fourth-order valence-corrected chi connectivity index (χ4v) is 3.16. The SMILES string of the molecule is CCC(=NN=C1CCOc2cc(OC)ccc21)OCc1c(C)cccc1N(C)N. The van der Waals surface area contributed by atoms with Crippen molar-refractivity contribution in [2.75, 3.05) is 25.8 Å². The molecule has 2 N–H and O–H groups in total. The number of fused-ring (bicyclic) bond motifs is 1. The Kier molecular flexibility index (Phi) is 6.72. The lowest BCUT2D eigenvalue weighted by molar-refractivity contribution is 0.283. The molecule has 2 aromatic rings. The summed E-state index contributed by atoms with van der Waals surface area (Å²) in [5.41, 5.74) is 4.90. The molecule has 7 nitrogen and oxygen atoms in total. The summed E-state index contributed by atoms with van der Waals surface area (Å²) in [6.07, 6.45) is 1.34. The van der Waals surface area contributed by atoms with Gasteiger partial charge < -0.3 is 19.2 Å². The van der Waals surface area contributed by atoms with Crippen LogP contribution in [-0.4, -0.2) is 32.4 Å². The van der Waals surface area contributed by atoms with Gasteiger partial charge in [-0.05, 0) is 30.7 Å². The third-order valence-electron chi connectivity index (χ3n) is 4.83. The van der Waals surface area contributed by atoms with E-state index in [1.165, 1.54) is 0 Å². The average Bonchev–Trinajstić information content (AvgIpc) is 2.73. The molecule has 0 aliphatic carbocycles. The number of methoxy groups -OCH3 is 1. The molecule has 0 saturated carbocycles. The van der Waals surface area contributed by atoms with Gasteiger partial charge in [-0.2, -0.15) is 5.10 Å². The van der Waals surface area contributed by atoms with E-state index in [4.69, 9.17) is 20.1 Å². The van der Waals surface area contributed by atoms with Crippen LogP contribution in [0.4, 0.5) is 5.69 Å². The van der Waals surface area contributed by atoms with Crippen molar-refractivity contribution in [2.24, 2.45) is 16.0 Å². The van der Waals surface area contributed by atoms with Crippen LogP contribution in [0.1, 0.15) is 36.5 Å². The summed E-state index contributed by atoms with van der Waals surface area (Å²) in [4.78, 5) is 0. The van der Waals surface area contributed by atoms with Crippen LogP contribution in [0.3, 0.4) is 0 Å². The second kappa shape index (κ2) is 9.43. The van der Waals surface area contributed by atoms with Crippen LogP contribution in [0.25, 0.3) is 0 Å². The number of rotatable bonds is 6. The number of hydrogen-bond acceptors (Lipinski definition) is 7. The molecular formula is C22H28N4O3. The van der Waals surface area contributed by atoms with Gasteiger partial charge in [-0.3, -0.25) is 0 Å². The van der Waals surface area contributed by atoms with E-state index in [2.05, 4.69) is 10.2 Å². The van der Waals surface area contributed by atoms with Gasteiger partial charge in [-0.25, -0.2) is 5.84 Å². The standard InChI is InChI=1S/C22H28N4O3/c1-5-22(29-14-18-15(2)7-6-8-20(18)26(3)23)25-24-19-11-12-28-21-13-16(27-4)9-10-17(19)21/h6-10,13H,5,11-12,14,23H2,1-4H3. The van der Waals surface area contributed by atoms with Crippen LogP contribution < -0.4 is 20.3 Å². The fraction of sp³-hybridized carbons (Fsp3) is 0.364. The van der Waals surface area contributed by atoms with Gasteiger partial charge in [0.2, 0.25) is 5.90 Å². The van der Waals surface area contributed by atoms with E-state index < -0.39 is 0 Å². The van der Waals surface area contributed by atoms with E-state index in [1.807, 2.05) is 57.3 Å². The first-order valence-corrected chi connectivity index (χ1v) is 9.67. The van der Waals surface area contributed by atoms with Crippen molar-refractivity contribution in [3.05, 3.63) is 53.1 Å². The highest BCUT2D eigenvalue weighted by Crippen LogP contribution is 2.29. The monoisotopic (exact) mass is 396 g/mol. The van der Waals surface area contributed by atoms with Gasteiger partial charge in [0.15, 0.2) is 0 Å². The van der Waals surface area contributed by atoms with E-state index in [1.54, 1.807) is 12.1 Å². The fourth-order valence-electron chi connectivity index (χ4n) is 3.16. The molecule has 1 aliphatic rings. The minimum absolute atomic E-state index is 0.387. The lowest BCUT2D eigenvalue weighted by atomic mass is 10.0. The van der Waals surface area contributed by atoms with Crippen LogP contribution in [-0.2, 0) is 11.3 Å². The molecule has 1 heterocycles. The molecule has 0 spiro atoms. The molecule has 1 aliphatic heterocycles. The molecule has 0 radical (unpaired) electrons. The normalized spacial score (nSPS) is 14.9. The van der Waals surface area contributed by atoms with E-state index in [9.17, 15) is 0 Å². The maximum Gasteiger partial charge on any atom is 0.208 e. The lowest BCUT2D eigenvalue weighted by Crippen LogP contribution is -2.26. The second-order valence-electron chi connectivity index (χ2n) is 6.83. The number of aryl methyl sites for hydroxylation is 1. The van der Waals surface area contributed by atoms with E-state index in [0.29, 0.717) is 32.0 Å². The van der Waals surface area contributed by atoms with E-state index >= 15 is 0 Å². The Morgan fingerprint density at radius 1 is 1.28 bits per heavy atom. The highest BCUT2D eigenvalue weighted by Gasteiger charge is 2.18. The van der Waals surface area contributed by atoms with Crippen LogP contribution in [0, 0.1) is 6.92 Å². The number of nitrogens with two attached hydrogens (primary N) is 1. The van der Waals surface area contributed by atoms with Gasteiger partial charge in [0.25, 0.3) is 0 Å². The Hall–Kier alpha value is -3.06. The molecule has 0 saturated heterocycles. The van der Waals surface area contributed by atoms with E-state index in [-0.39, 0.29) is 0 Å². The number of nitrogens with zero attached hydrogens (tertiary/aromatic N) is 3. The predicted molar refractivity (Wildman–Crippen MR) is 116 cm³/mol. The average molecular weight is 396 g/mol. The topological polar surface area (TPSA) is 81.7 Å². The molecule has 0 bridgehead atoms. The quantitative estimate of drug-likeness (QED) is 0.347. The third kappa shape index (κ3) is 4.86. The van der Waals surface area contributed by atoms with Crippen LogP contribution in [0.15, 0.2) is 46.6 Å². The zero-order chi connectivity index (χ0) is 20.8. The number of hydrogen-bond donors (Lipinski definition) is 1. The maximum absolute atomic E-state index is 5.97. The molecule has 2 aromatic carbocycles. The summed E-state index contributed by atoms with van der Waals surface area (Å²) in [6, 6.07) is 11.7. The Labute approximate surface area is 171 Å². The summed E-state index contributed by atoms with van der Waals surface area (Å²) in [5.74, 6) is 8.04. The molecule has 29 heavy (non-hydrogen) atoms. The van der Waals surface area contributed by atoms with Crippen molar-refractivity contribution in [3.8, 4) is 11.5 Å². The van der Waals surface area contributed by atoms with Crippen molar-refractivity contribution in [1.29, 1.82) is 0 Å². The molecule has 154 valence electrons. The van der Waals surface area contributed by atoms with Crippen LogP contribution in [0.2, 0.25) is 0 Å². The lowest BCUT2D eigenvalue weighted by Gasteiger charge is -2.20. The highest BCUT2D eigenvalue weighted by atomic mass is 16.5. The maximum atomic E-state index is 5.97. The first kappa shape index (κ1) is 20.7. The smallest absolute Gasteiger partial charge is 0.208 e. The largest absolute Gasteiger partial charge is 0.497 e. The summed E-state index contributed by atoms with van der Waals surface area (Å²) in [5, 5.41) is 10.4. The number of ether oxygens (including phenoxy) is 3. The van der Waals surface area contributed by atoms with Gasteiger partial charge >= 0.3 is 0 Å². The molecule has 0 unspecified atom stereocenters. The predicted octanol–water partition coefficient (Wildman–Crippen LogP) is 3.83. The van der Waals surface area contributed by atoms with Crippen LogP contribution >= 0.6 is 0 Å². The zero-order valence-electron chi connectivity index (χ0n) is 17.4. The molecule has 0 aromatic heterocycles. The minimum atomic E-state index is 0.387. The van der Waals surface area contributed by atoms with Gasteiger partial charge in [0.1, 0.15) is 18.1 Å². The van der Waals surface area contributed by atoms with Gasteiger partial charge in [0.05, 0.1) is 25.1 Å². The Bertz CT molecular complexity index is 922. The van der Waals surface area contributed by atoms with Crippen molar-refractivity contribution < 1.29 is 14.2 Å². The Morgan fingerprint density at radius 2 is 2.10 bits per heavy atom. The number of hydrazine groups is 1. The number of anilines is 1. The molecule has 3 rings (SSSR count). The minimum Gasteiger partial charge on any atom is -0.497 e. The third-order valence-corrected chi connectivity index (χ3v) is 4.83. The molecule has 0 fully saturated rings. The summed E-state index contributed by atoms with van der Waals surface area (Å²) in [6.45, 7) is 4.99. The summed E-state index contributed by atoms with van der Waals surface area (Å²) < 4.78 is 17.0. The van der Waals surface area contributed by atoms with Gasteiger partial charge in [0, 0.05) is 37.1 Å². The van der Waals surface area contributed by atoms with Crippen molar-refractivity contribution in [1.82, 2.24) is 0 Å². The first-order chi connectivity index (χ1) is 14.0. The van der Waals surface area contributed by atoms with Crippen molar-refractivity contribution >= 4 is 17.3 Å². The van der Waals surface area contributed by atoms with Crippen molar-refractivity contribution in [2.45, 2.75) is 33.3 Å². The van der Waals surface area contributed by atoms with Crippen molar-refractivity contribution in [3.63, 3.8) is 0 Å². The highest BCUT2D eigenvalue weighted by molar-refractivity contribution is 6.04. The zero-order valence-corrected chi connectivity index (χ0v) is 17.4. The molecule has 0 atom stereocenters. The Balaban J connectivity index is 1.79.